The van der Waals surface area contributed by atoms with E-state index in [1.54, 1.807) is 23.1 Å². The fourth-order valence-electron chi connectivity index (χ4n) is 4.15. The van der Waals surface area contributed by atoms with E-state index in [-0.39, 0.29) is 11.5 Å². The topological polar surface area (TPSA) is 74.9 Å². The van der Waals surface area contributed by atoms with E-state index in [1.807, 2.05) is 55.6 Å². The molecule has 1 aromatic heterocycles. The van der Waals surface area contributed by atoms with Gasteiger partial charge in [0.2, 0.25) is 0 Å². The number of thioether (sulfide) groups is 1. The maximum Gasteiger partial charge on any atom is 0.335 e. The molecule has 9 heteroatoms. The second-order valence-electron chi connectivity index (χ2n) is 8.37. The van der Waals surface area contributed by atoms with Crippen LogP contribution < -0.4 is 0 Å². The zero-order valence-corrected chi connectivity index (χ0v) is 22.0. The lowest BCUT2D eigenvalue weighted by atomic mass is 10.1. The van der Waals surface area contributed by atoms with Crippen LogP contribution in [0.15, 0.2) is 82.8 Å². The predicted molar refractivity (Wildman–Crippen MR) is 151 cm³/mol. The molecular formula is C28H21Cl2N3O3S. The number of nitrogens with zero attached hydrogens (tertiary/aromatic N) is 3. The average molecular weight is 550 g/mol. The fourth-order valence-corrected chi connectivity index (χ4v) is 5.68. The molecule has 6 nitrogen and oxygen atoms in total. The van der Waals surface area contributed by atoms with E-state index in [0.29, 0.717) is 38.9 Å². The molecule has 186 valence electrons. The number of likely N-dealkylation sites (N-methyl/N-ethyl adjacent to an activating group) is 1. The van der Waals surface area contributed by atoms with Crippen LogP contribution in [0, 0.1) is 0 Å². The molecule has 3 aromatic carbocycles. The highest BCUT2D eigenvalue weighted by Gasteiger charge is 2.32. The Balaban J connectivity index is 1.49. The van der Waals surface area contributed by atoms with Crippen LogP contribution in [0.5, 0.6) is 0 Å². The highest BCUT2D eigenvalue weighted by molar-refractivity contribution is 8.18. The highest BCUT2D eigenvalue weighted by atomic mass is 35.5. The number of aromatic carboxylic acids is 1. The Morgan fingerprint density at radius 3 is 2.54 bits per heavy atom. The summed E-state index contributed by atoms with van der Waals surface area (Å²) in [6.45, 7) is 2.92. The maximum atomic E-state index is 13.2. The van der Waals surface area contributed by atoms with Crippen LogP contribution in [-0.4, -0.2) is 38.2 Å². The van der Waals surface area contributed by atoms with Crippen LogP contribution >= 0.6 is 35.0 Å². The number of aliphatic imine (C=N–C) groups is 1. The minimum atomic E-state index is -0.998. The first kappa shape index (κ1) is 25.1. The fraction of sp³-hybridized carbons (Fsp3) is 0.107. The summed E-state index contributed by atoms with van der Waals surface area (Å²) >= 11 is 13.8. The molecule has 0 saturated carbocycles. The molecule has 1 aliphatic rings. The molecule has 1 amide bonds. The summed E-state index contributed by atoms with van der Waals surface area (Å²) in [6.07, 6.45) is 3.92. The van der Waals surface area contributed by atoms with Gasteiger partial charge >= 0.3 is 5.97 Å². The molecule has 1 fully saturated rings. The molecule has 5 rings (SSSR count). The molecule has 0 bridgehead atoms. The summed E-state index contributed by atoms with van der Waals surface area (Å²) in [7, 11) is 0. The van der Waals surface area contributed by atoms with Crippen molar-refractivity contribution in [2.75, 3.05) is 6.54 Å². The summed E-state index contributed by atoms with van der Waals surface area (Å²) in [5.41, 5.74) is 3.65. The number of hydrogen-bond donors (Lipinski definition) is 1. The zero-order chi connectivity index (χ0) is 26.1. The van der Waals surface area contributed by atoms with Crippen molar-refractivity contribution in [2.45, 2.75) is 13.5 Å². The molecule has 1 N–H and O–H groups in total. The van der Waals surface area contributed by atoms with Gasteiger partial charge in [0, 0.05) is 45.8 Å². The van der Waals surface area contributed by atoms with E-state index in [1.165, 1.54) is 23.9 Å². The second kappa shape index (κ2) is 10.5. The van der Waals surface area contributed by atoms with Crippen molar-refractivity contribution in [1.29, 1.82) is 0 Å². The number of rotatable bonds is 6. The third-order valence-corrected chi connectivity index (χ3v) is 7.60. The minimum absolute atomic E-state index is 0.119. The Morgan fingerprint density at radius 1 is 1.08 bits per heavy atom. The zero-order valence-electron chi connectivity index (χ0n) is 19.7. The average Bonchev–Trinajstić information content (AvgIpc) is 3.37. The van der Waals surface area contributed by atoms with Gasteiger partial charge in [-0.15, -0.1) is 0 Å². The molecular weight excluding hydrogens is 529 g/mol. The molecule has 0 spiro atoms. The third kappa shape index (κ3) is 5.16. The van der Waals surface area contributed by atoms with Gasteiger partial charge in [0.15, 0.2) is 5.17 Å². The second-order valence-corrected chi connectivity index (χ2v) is 10.2. The van der Waals surface area contributed by atoms with Crippen LogP contribution in [0.4, 0.5) is 5.69 Å². The largest absolute Gasteiger partial charge is 0.478 e. The van der Waals surface area contributed by atoms with Crippen LogP contribution in [0.25, 0.3) is 17.0 Å². The van der Waals surface area contributed by atoms with E-state index in [2.05, 4.69) is 9.56 Å². The standard InChI is InChI=1S/C28H21Cl2N3O3S/c1-2-33-26(34)25(37-28(33)31-21-11-8-17(9-12-21)27(35)36)13-19-16-32(24-6-4-3-5-22(19)24)15-18-7-10-20(29)14-23(18)30/h3-14,16H,2,15H2,1H3,(H,35,36)/b25-13+,31-28?. The number of amides is 1. The molecule has 0 radical (unpaired) electrons. The Morgan fingerprint density at radius 2 is 1.84 bits per heavy atom. The minimum Gasteiger partial charge on any atom is -0.478 e. The van der Waals surface area contributed by atoms with Gasteiger partial charge < -0.3 is 9.67 Å². The van der Waals surface area contributed by atoms with Crippen LogP contribution in [0.3, 0.4) is 0 Å². The van der Waals surface area contributed by atoms with Gasteiger partial charge in [-0.25, -0.2) is 9.79 Å². The molecule has 4 aromatic rings. The van der Waals surface area contributed by atoms with Crippen LogP contribution in [0.2, 0.25) is 10.0 Å². The molecule has 0 atom stereocenters. The van der Waals surface area contributed by atoms with Gasteiger partial charge in [-0.3, -0.25) is 9.69 Å². The Labute approximate surface area is 227 Å². The number of fused-ring (bicyclic) bond motifs is 1. The first-order valence-corrected chi connectivity index (χ1v) is 13.1. The van der Waals surface area contributed by atoms with Gasteiger partial charge in [-0.2, -0.15) is 0 Å². The molecule has 0 aliphatic carbocycles. The van der Waals surface area contributed by atoms with Gasteiger partial charge in [-0.05, 0) is 72.8 Å². The molecule has 37 heavy (non-hydrogen) atoms. The lowest BCUT2D eigenvalue weighted by molar-refractivity contribution is -0.122. The normalized spacial score (nSPS) is 15.9. The number of benzene rings is 3. The number of amidine groups is 1. The van der Waals surface area contributed by atoms with E-state index >= 15 is 0 Å². The van der Waals surface area contributed by atoms with E-state index in [4.69, 9.17) is 28.3 Å². The summed E-state index contributed by atoms with van der Waals surface area (Å²) in [5.74, 6) is -1.12. The molecule has 1 saturated heterocycles. The van der Waals surface area contributed by atoms with Gasteiger partial charge in [0.25, 0.3) is 5.91 Å². The van der Waals surface area contributed by atoms with Gasteiger partial charge in [0.1, 0.15) is 0 Å². The lowest BCUT2D eigenvalue weighted by Crippen LogP contribution is -2.28. The number of carboxylic acid groups (broad SMARTS) is 1. The van der Waals surface area contributed by atoms with Gasteiger partial charge in [0.05, 0.1) is 16.2 Å². The predicted octanol–water partition coefficient (Wildman–Crippen LogP) is 7.32. The quantitative estimate of drug-likeness (QED) is 0.255. The number of carbonyl (C=O) groups is 2. The molecule has 1 aliphatic heterocycles. The Bertz CT molecular complexity index is 1590. The first-order chi connectivity index (χ1) is 17.8. The van der Waals surface area contributed by atoms with Crippen molar-refractivity contribution in [3.63, 3.8) is 0 Å². The summed E-state index contributed by atoms with van der Waals surface area (Å²) in [4.78, 5) is 31.2. The highest BCUT2D eigenvalue weighted by Crippen LogP contribution is 2.36. The number of aromatic nitrogens is 1. The third-order valence-electron chi connectivity index (χ3n) is 6.01. The van der Waals surface area contributed by atoms with Crippen molar-refractivity contribution in [3.05, 3.63) is 105 Å². The van der Waals surface area contributed by atoms with E-state index < -0.39 is 5.97 Å². The summed E-state index contributed by atoms with van der Waals surface area (Å²) in [5, 5.41) is 11.9. The SMILES string of the molecule is CCN1C(=O)/C(=C\c2cn(Cc3ccc(Cl)cc3Cl)c3ccccc23)SC1=Nc1ccc(C(=O)O)cc1. The van der Waals surface area contributed by atoms with Gasteiger partial charge in [-0.1, -0.05) is 47.5 Å². The van der Waals surface area contributed by atoms with Crippen molar-refractivity contribution < 1.29 is 14.7 Å². The Hall–Kier alpha value is -3.52. The smallest absolute Gasteiger partial charge is 0.335 e. The summed E-state index contributed by atoms with van der Waals surface area (Å²) < 4.78 is 2.11. The van der Waals surface area contributed by atoms with Crippen molar-refractivity contribution in [2.24, 2.45) is 4.99 Å². The van der Waals surface area contributed by atoms with Crippen LogP contribution in [-0.2, 0) is 11.3 Å². The van der Waals surface area contributed by atoms with Crippen molar-refractivity contribution >= 4 is 74.7 Å². The van der Waals surface area contributed by atoms with Crippen LogP contribution in [0.1, 0.15) is 28.4 Å². The molecule has 2 heterocycles. The maximum absolute atomic E-state index is 13.2. The lowest BCUT2D eigenvalue weighted by Gasteiger charge is -2.12. The van der Waals surface area contributed by atoms with Crippen molar-refractivity contribution in [1.82, 2.24) is 9.47 Å². The number of carboxylic acids is 1. The monoisotopic (exact) mass is 549 g/mol. The Kier molecular flexibility index (Phi) is 7.11. The van der Waals surface area contributed by atoms with Crippen molar-refractivity contribution in [3.8, 4) is 0 Å². The number of halogens is 2. The molecule has 0 unspecified atom stereocenters. The number of hydrogen-bond acceptors (Lipinski definition) is 4. The van der Waals surface area contributed by atoms with E-state index in [9.17, 15) is 9.59 Å². The number of para-hydroxylation sites is 1. The first-order valence-electron chi connectivity index (χ1n) is 11.5. The summed E-state index contributed by atoms with van der Waals surface area (Å²) in [6, 6.07) is 19.7. The van der Waals surface area contributed by atoms with E-state index in [0.717, 1.165) is 22.0 Å². The number of carbonyl (C=O) groups excluding carboxylic acids is 1.